The quantitative estimate of drug-likeness (QED) is 0.720. The highest BCUT2D eigenvalue weighted by Gasteiger charge is 2.28. The molecule has 0 aromatic rings. The van der Waals surface area contributed by atoms with Gasteiger partial charge in [-0.3, -0.25) is 9.59 Å². The van der Waals surface area contributed by atoms with Crippen molar-refractivity contribution in [1.82, 2.24) is 0 Å². The summed E-state index contributed by atoms with van der Waals surface area (Å²) in [6, 6.07) is 0. The highest BCUT2D eigenvalue weighted by Crippen LogP contribution is 2.24. The molecule has 1 atom stereocenters. The summed E-state index contributed by atoms with van der Waals surface area (Å²) >= 11 is 2.97. The third-order valence-corrected chi connectivity index (χ3v) is 2.21. The standard InChI is InChI=1S/C8H8BrNO3/c9-5-3-8(13,4-7(10)12)2-1-6(5)11/h1-3,13H,4H2,(H2,10,12)/t8-/m0/s1. The number of rotatable bonds is 2. The van der Waals surface area contributed by atoms with E-state index in [4.69, 9.17) is 5.73 Å². The van der Waals surface area contributed by atoms with Crippen LogP contribution in [0.4, 0.5) is 0 Å². The Morgan fingerprint density at radius 1 is 1.69 bits per heavy atom. The first kappa shape index (κ1) is 10.1. The van der Waals surface area contributed by atoms with E-state index >= 15 is 0 Å². The number of hydrogen-bond acceptors (Lipinski definition) is 3. The van der Waals surface area contributed by atoms with Crippen LogP contribution < -0.4 is 5.73 Å². The van der Waals surface area contributed by atoms with Gasteiger partial charge in [0.1, 0.15) is 5.60 Å². The van der Waals surface area contributed by atoms with Crippen molar-refractivity contribution in [2.75, 3.05) is 0 Å². The number of aliphatic hydroxyl groups is 1. The van der Waals surface area contributed by atoms with E-state index in [9.17, 15) is 14.7 Å². The molecule has 70 valence electrons. The molecule has 1 amide bonds. The van der Waals surface area contributed by atoms with E-state index in [0.29, 0.717) is 0 Å². The molecule has 0 bridgehead atoms. The molecule has 4 nitrogen and oxygen atoms in total. The fraction of sp³-hybridized carbons (Fsp3) is 0.250. The fourth-order valence-corrected chi connectivity index (χ4v) is 1.56. The Balaban J connectivity index is 2.88. The van der Waals surface area contributed by atoms with Crippen LogP contribution in [0.5, 0.6) is 0 Å². The number of amides is 1. The predicted molar refractivity (Wildman–Crippen MR) is 49.9 cm³/mol. The fourth-order valence-electron chi connectivity index (χ4n) is 1.03. The molecular weight excluding hydrogens is 238 g/mol. The van der Waals surface area contributed by atoms with Crippen molar-refractivity contribution in [2.45, 2.75) is 12.0 Å². The molecule has 0 saturated heterocycles. The molecule has 13 heavy (non-hydrogen) atoms. The summed E-state index contributed by atoms with van der Waals surface area (Å²) in [5.74, 6) is -0.868. The number of nitrogens with two attached hydrogens (primary N) is 1. The Kier molecular flexibility index (Phi) is 2.68. The predicted octanol–water partition coefficient (Wildman–Crippen LogP) is 0.0106. The lowest BCUT2D eigenvalue weighted by Crippen LogP contribution is -2.32. The number of carbonyl (C=O) groups is 2. The maximum atomic E-state index is 10.9. The Morgan fingerprint density at radius 2 is 2.31 bits per heavy atom. The lowest BCUT2D eigenvalue weighted by molar-refractivity contribution is -0.120. The SMILES string of the molecule is NC(=O)C[C@]1(O)C=CC(=O)C(Br)=C1. The summed E-state index contributed by atoms with van der Waals surface area (Å²) < 4.78 is 0.235. The molecule has 0 spiro atoms. The number of primary amides is 1. The summed E-state index contributed by atoms with van der Waals surface area (Å²) in [5.41, 5.74) is 3.49. The second-order valence-corrected chi connectivity index (χ2v) is 3.68. The lowest BCUT2D eigenvalue weighted by Gasteiger charge is -2.21. The molecule has 5 heteroatoms. The Morgan fingerprint density at radius 3 is 2.77 bits per heavy atom. The Labute approximate surface area is 83.2 Å². The number of carbonyl (C=O) groups excluding carboxylic acids is 2. The van der Waals surface area contributed by atoms with Crippen LogP contribution >= 0.6 is 15.9 Å². The molecule has 0 radical (unpaired) electrons. The summed E-state index contributed by atoms with van der Waals surface area (Å²) in [4.78, 5) is 21.5. The van der Waals surface area contributed by atoms with Gasteiger partial charge < -0.3 is 10.8 Å². The normalized spacial score (nSPS) is 27.2. The van der Waals surface area contributed by atoms with Crippen molar-refractivity contribution in [1.29, 1.82) is 0 Å². The first-order valence-corrected chi connectivity index (χ1v) is 4.35. The molecule has 3 N–H and O–H groups in total. The van der Waals surface area contributed by atoms with Gasteiger partial charge in [0.15, 0.2) is 5.78 Å². The summed E-state index contributed by atoms with van der Waals surface area (Å²) in [6.45, 7) is 0. The number of allylic oxidation sites excluding steroid dienone is 2. The highest BCUT2D eigenvalue weighted by molar-refractivity contribution is 9.12. The molecule has 0 fully saturated rings. The van der Waals surface area contributed by atoms with Gasteiger partial charge in [-0.1, -0.05) is 0 Å². The molecule has 1 aliphatic rings. The Bertz CT molecular complexity index is 321. The first-order chi connectivity index (χ1) is 5.93. The highest BCUT2D eigenvalue weighted by atomic mass is 79.9. The maximum Gasteiger partial charge on any atom is 0.220 e. The van der Waals surface area contributed by atoms with Gasteiger partial charge in [-0.15, -0.1) is 0 Å². The van der Waals surface area contributed by atoms with Crippen LogP contribution in [-0.4, -0.2) is 22.4 Å². The van der Waals surface area contributed by atoms with Crippen LogP contribution in [0.3, 0.4) is 0 Å². The van der Waals surface area contributed by atoms with Crippen LogP contribution in [0, 0.1) is 0 Å². The zero-order chi connectivity index (χ0) is 10.1. The van der Waals surface area contributed by atoms with Gasteiger partial charge in [0.25, 0.3) is 0 Å². The summed E-state index contributed by atoms with van der Waals surface area (Å²) in [5, 5.41) is 9.68. The van der Waals surface area contributed by atoms with E-state index in [1.54, 1.807) is 0 Å². The van der Waals surface area contributed by atoms with Crippen molar-refractivity contribution in [3.05, 3.63) is 22.7 Å². The van der Waals surface area contributed by atoms with Gasteiger partial charge in [-0.2, -0.15) is 0 Å². The van der Waals surface area contributed by atoms with Gasteiger partial charge in [0.2, 0.25) is 5.91 Å². The molecule has 0 aromatic carbocycles. The van der Waals surface area contributed by atoms with Crippen molar-refractivity contribution < 1.29 is 14.7 Å². The third kappa shape index (κ3) is 2.50. The van der Waals surface area contributed by atoms with E-state index in [1.807, 2.05) is 0 Å². The largest absolute Gasteiger partial charge is 0.381 e. The minimum absolute atomic E-state index is 0.230. The Hall–Kier alpha value is -0.940. The van der Waals surface area contributed by atoms with Crippen LogP contribution in [-0.2, 0) is 9.59 Å². The lowest BCUT2D eigenvalue weighted by atomic mass is 9.94. The van der Waals surface area contributed by atoms with Gasteiger partial charge in [-0.05, 0) is 34.2 Å². The van der Waals surface area contributed by atoms with E-state index in [1.165, 1.54) is 18.2 Å². The van der Waals surface area contributed by atoms with E-state index < -0.39 is 11.5 Å². The van der Waals surface area contributed by atoms with Gasteiger partial charge in [0.05, 0.1) is 10.9 Å². The minimum Gasteiger partial charge on any atom is -0.381 e. The summed E-state index contributed by atoms with van der Waals surface area (Å²) in [6.07, 6.45) is 3.49. The van der Waals surface area contributed by atoms with E-state index in [-0.39, 0.29) is 16.7 Å². The van der Waals surface area contributed by atoms with Crippen molar-refractivity contribution in [3.8, 4) is 0 Å². The zero-order valence-corrected chi connectivity index (χ0v) is 8.24. The van der Waals surface area contributed by atoms with Crippen molar-refractivity contribution >= 4 is 27.6 Å². The van der Waals surface area contributed by atoms with Crippen LogP contribution in [0.15, 0.2) is 22.7 Å². The average Bonchev–Trinajstić information content (AvgIpc) is 1.96. The molecule has 0 unspecified atom stereocenters. The molecule has 0 aromatic heterocycles. The molecule has 1 aliphatic carbocycles. The first-order valence-electron chi connectivity index (χ1n) is 3.55. The molecular formula is C8H8BrNO3. The number of hydrogen-bond donors (Lipinski definition) is 2. The third-order valence-electron chi connectivity index (χ3n) is 1.59. The second kappa shape index (κ2) is 3.43. The molecule has 0 heterocycles. The van der Waals surface area contributed by atoms with E-state index in [0.717, 1.165) is 0 Å². The molecule has 0 saturated carbocycles. The van der Waals surface area contributed by atoms with Crippen LogP contribution in [0.1, 0.15) is 6.42 Å². The molecule has 1 rings (SSSR count). The summed E-state index contributed by atoms with van der Waals surface area (Å²) in [7, 11) is 0. The zero-order valence-electron chi connectivity index (χ0n) is 6.66. The van der Waals surface area contributed by atoms with Gasteiger partial charge >= 0.3 is 0 Å². The minimum atomic E-state index is -1.43. The smallest absolute Gasteiger partial charge is 0.220 e. The average molecular weight is 246 g/mol. The van der Waals surface area contributed by atoms with Crippen molar-refractivity contribution in [2.24, 2.45) is 5.73 Å². The van der Waals surface area contributed by atoms with Crippen LogP contribution in [0.25, 0.3) is 0 Å². The van der Waals surface area contributed by atoms with Gasteiger partial charge in [-0.25, -0.2) is 0 Å². The number of ketones is 1. The monoisotopic (exact) mass is 245 g/mol. The van der Waals surface area contributed by atoms with E-state index in [2.05, 4.69) is 15.9 Å². The van der Waals surface area contributed by atoms with Gasteiger partial charge in [0, 0.05) is 0 Å². The molecule has 0 aliphatic heterocycles. The second-order valence-electron chi connectivity index (χ2n) is 2.82. The van der Waals surface area contributed by atoms with Crippen LogP contribution in [0.2, 0.25) is 0 Å². The maximum absolute atomic E-state index is 10.9. The van der Waals surface area contributed by atoms with Crippen molar-refractivity contribution in [3.63, 3.8) is 0 Å². The topological polar surface area (TPSA) is 80.4 Å². The number of halogens is 1.